The lowest BCUT2D eigenvalue weighted by Crippen LogP contribution is -2.33. The first-order chi connectivity index (χ1) is 10.3. The highest BCUT2D eigenvalue weighted by Gasteiger charge is 2.35. The lowest BCUT2D eigenvalue weighted by Gasteiger charge is -2.20. The van der Waals surface area contributed by atoms with Crippen LogP contribution in [-0.2, 0) is 9.59 Å². The van der Waals surface area contributed by atoms with Gasteiger partial charge in [0.1, 0.15) is 0 Å². The van der Waals surface area contributed by atoms with Crippen molar-refractivity contribution in [3.05, 3.63) is 33.9 Å². The Morgan fingerprint density at radius 3 is 2.64 bits per heavy atom. The second-order valence-electron chi connectivity index (χ2n) is 5.79. The number of nitrogens with one attached hydrogen (secondary N) is 1. The van der Waals surface area contributed by atoms with Gasteiger partial charge >= 0.3 is 0 Å². The first-order valence-electron chi connectivity index (χ1n) is 7.15. The van der Waals surface area contributed by atoms with Crippen molar-refractivity contribution in [1.29, 1.82) is 0 Å². The van der Waals surface area contributed by atoms with Gasteiger partial charge in [0.2, 0.25) is 11.8 Å². The molecule has 2 rings (SSSR count). The highest BCUT2D eigenvalue weighted by Crippen LogP contribution is 2.25. The monoisotopic (exact) mass is 305 g/mol. The Hall–Kier alpha value is -2.44. The number of benzene rings is 1. The van der Waals surface area contributed by atoms with Crippen LogP contribution in [0.2, 0.25) is 0 Å². The van der Waals surface area contributed by atoms with Crippen molar-refractivity contribution in [2.45, 2.75) is 33.2 Å². The SMILES string of the molecule is Cc1cc([N+](=O)[O-])ccc1NC(=O)[C@H]1CC(=O)N(C(C)C)C1. The van der Waals surface area contributed by atoms with Gasteiger partial charge in [-0.3, -0.25) is 19.7 Å². The van der Waals surface area contributed by atoms with Crippen LogP contribution in [0.1, 0.15) is 25.8 Å². The molecule has 7 nitrogen and oxygen atoms in total. The summed E-state index contributed by atoms with van der Waals surface area (Å²) in [6.45, 7) is 5.94. The van der Waals surface area contributed by atoms with Gasteiger partial charge in [-0.15, -0.1) is 0 Å². The fourth-order valence-electron chi connectivity index (χ4n) is 2.54. The van der Waals surface area contributed by atoms with E-state index in [9.17, 15) is 19.7 Å². The molecule has 0 spiro atoms. The molecule has 0 aromatic heterocycles. The Morgan fingerprint density at radius 1 is 1.45 bits per heavy atom. The average molecular weight is 305 g/mol. The Kier molecular flexibility index (Phi) is 4.44. The Bertz CT molecular complexity index is 627. The van der Waals surface area contributed by atoms with Crippen molar-refractivity contribution in [1.82, 2.24) is 4.90 Å². The van der Waals surface area contributed by atoms with Crippen LogP contribution in [0, 0.1) is 23.0 Å². The van der Waals surface area contributed by atoms with Crippen molar-refractivity contribution < 1.29 is 14.5 Å². The molecule has 1 aromatic rings. The van der Waals surface area contributed by atoms with Crippen LogP contribution in [-0.4, -0.2) is 34.2 Å². The summed E-state index contributed by atoms with van der Waals surface area (Å²) in [6.07, 6.45) is 0.204. The van der Waals surface area contributed by atoms with Gasteiger partial charge in [-0.05, 0) is 32.4 Å². The molecule has 1 heterocycles. The molecule has 118 valence electrons. The molecular formula is C15H19N3O4. The zero-order valence-corrected chi connectivity index (χ0v) is 12.8. The third-order valence-corrected chi connectivity index (χ3v) is 3.83. The number of hydrogen-bond donors (Lipinski definition) is 1. The van der Waals surface area contributed by atoms with E-state index in [2.05, 4.69) is 5.32 Å². The maximum absolute atomic E-state index is 12.3. The van der Waals surface area contributed by atoms with Gasteiger partial charge < -0.3 is 10.2 Å². The Labute approximate surface area is 128 Å². The topological polar surface area (TPSA) is 92.5 Å². The van der Waals surface area contributed by atoms with Crippen LogP contribution in [0.15, 0.2) is 18.2 Å². The van der Waals surface area contributed by atoms with Crippen LogP contribution in [0.4, 0.5) is 11.4 Å². The van der Waals surface area contributed by atoms with Crippen LogP contribution >= 0.6 is 0 Å². The molecule has 0 unspecified atom stereocenters. The Balaban J connectivity index is 2.07. The zero-order chi connectivity index (χ0) is 16.4. The van der Waals surface area contributed by atoms with Crippen LogP contribution in [0.25, 0.3) is 0 Å². The predicted molar refractivity (Wildman–Crippen MR) is 81.4 cm³/mol. The summed E-state index contributed by atoms with van der Waals surface area (Å²) in [5.74, 6) is -0.631. The van der Waals surface area contributed by atoms with Gasteiger partial charge in [0.25, 0.3) is 5.69 Å². The number of carbonyl (C=O) groups excluding carboxylic acids is 2. The molecule has 1 aromatic carbocycles. The van der Waals surface area contributed by atoms with E-state index in [0.717, 1.165) is 0 Å². The van der Waals surface area contributed by atoms with Crippen molar-refractivity contribution >= 4 is 23.2 Å². The number of anilines is 1. The van der Waals surface area contributed by atoms with Crippen LogP contribution < -0.4 is 5.32 Å². The van der Waals surface area contributed by atoms with E-state index in [0.29, 0.717) is 17.8 Å². The van der Waals surface area contributed by atoms with Gasteiger partial charge in [-0.25, -0.2) is 0 Å². The molecule has 1 saturated heterocycles. The number of nitrogens with zero attached hydrogens (tertiary/aromatic N) is 2. The summed E-state index contributed by atoms with van der Waals surface area (Å²) < 4.78 is 0. The molecular weight excluding hydrogens is 286 g/mol. The minimum absolute atomic E-state index is 0.0162. The van der Waals surface area contributed by atoms with Gasteiger partial charge in [-0.1, -0.05) is 0 Å². The summed E-state index contributed by atoms with van der Waals surface area (Å²) in [5.41, 5.74) is 1.14. The van der Waals surface area contributed by atoms with Crippen LogP contribution in [0.5, 0.6) is 0 Å². The zero-order valence-electron chi connectivity index (χ0n) is 12.8. The smallest absolute Gasteiger partial charge is 0.269 e. The number of likely N-dealkylation sites (tertiary alicyclic amines) is 1. The highest BCUT2D eigenvalue weighted by molar-refractivity contribution is 5.97. The lowest BCUT2D eigenvalue weighted by atomic mass is 10.1. The summed E-state index contributed by atoms with van der Waals surface area (Å²) in [7, 11) is 0. The molecule has 1 aliphatic rings. The highest BCUT2D eigenvalue weighted by atomic mass is 16.6. The first-order valence-corrected chi connectivity index (χ1v) is 7.15. The van der Waals surface area contributed by atoms with Gasteiger partial charge in [0, 0.05) is 36.8 Å². The van der Waals surface area contributed by atoms with E-state index in [1.165, 1.54) is 18.2 Å². The van der Waals surface area contributed by atoms with E-state index in [1.807, 2.05) is 13.8 Å². The van der Waals surface area contributed by atoms with Crippen molar-refractivity contribution in [3.8, 4) is 0 Å². The second kappa shape index (κ2) is 6.13. The number of nitro benzene ring substituents is 1. The fourth-order valence-corrected chi connectivity index (χ4v) is 2.54. The number of carbonyl (C=O) groups is 2. The molecule has 1 aliphatic heterocycles. The molecule has 7 heteroatoms. The average Bonchev–Trinajstić information content (AvgIpc) is 2.83. The van der Waals surface area contributed by atoms with Crippen molar-refractivity contribution in [2.75, 3.05) is 11.9 Å². The number of rotatable bonds is 4. The van der Waals surface area contributed by atoms with Crippen molar-refractivity contribution in [3.63, 3.8) is 0 Å². The maximum atomic E-state index is 12.3. The predicted octanol–water partition coefficient (Wildman–Crippen LogP) is 2.10. The minimum atomic E-state index is -0.477. The molecule has 0 radical (unpaired) electrons. The number of aryl methyl sites for hydroxylation is 1. The molecule has 0 bridgehead atoms. The van der Waals surface area contributed by atoms with E-state index >= 15 is 0 Å². The third-order valence-electron chi connectivity index (χ3n) is 3.83. The third kappa shape index (κ3) is 3.24. The van der Waals surface area contributed by atoms with Gasteiger partial charge in [-0.2, -0.15) is 0 Å². The Morgan fingerprint density at radius 2 is 2.14 bits per heavy atom. The number of non-ortho nitro benzene ring substituents is 1. The number of amides is 2. The largest absolute Gasteiger partial charge is 0.339 e. The molecule has 1 fully saturated rings. The molecule has 0 aliphatic carbocycles. The first kappa shape index (κ1) is 15.9. The summed E-state index contributed by atoms with van der Waals surface area (Å²) >= 11 is 0. The minimum Gasteiger partial charge on any atom is -0.339 e. The van der Waals surface area contributed by atoms with Crippen LogP contribution in [0.3, 0.4) is 0 Å². The fraction of sp³-hybridized carbons (Fsp3) is 0.467. The summed E-state index contributed by atoms with van der Waals surface area (Å²) in [4.78, 5) is 36.0. The van der Waals surface area contributed by atoms with Gasteiger partial charge in [0.05, 0.1) is 10.8 Å². The van der Waals surface area contributed by atoms with E-state index < -0.39 is 4.92 Å². The van der Waals surface area contributed by atoms with E-state index in [4.69, 9.17) is 0 Å². The normalized spacial score (nSPS) is 17.9. The molecule has 1 N–H and O–H groups in total. The number of nitro groups is 1. The molecule has 22 heavy (non-hydrogen) atoms. The number of hydrogen-bond acceptors (Lipinski definition) is 4. The lowest BCUT2D eigenvalue weighted by molar-refractivity contribution is -0.384. The quantitative estimate of drug-likeness (QED) is 0.681. The standard InChI is InChI=1S/C15H19N3O4/c1-9(2)17-8-11(7-14(17)19)15(20)16-13-5-4-12(18(21)22)6-10(13)3/h4-6,9,11H,7-8H2,1-3H3,(H,16,20)/t11-/m0/s1. The van der Waals surface area contributed by atoms with Crippen molar-refractivity contribution in [2.24, 2.45) is 5.92 Å². The summed E-state index contributed by atoms with van der Waals surface area (Å²) in [6, 6.07) is 4.35. The maximum Gasteiger partial charge on any atom is 0.269 e. The van der Waals surface area contributed by atoms with Gasteiger partial charge in [0.15, 0.2) is 0 Å². The van der Waals surface area contributed by atoms with E-state index in [1.54, 1.807) is 11.8 Å². The summed E-state index contributed by atoms with van der Waals surface area (Å²) in [5, 5.41) is 13.5. The second-order valence-corrected chi connectivity index (χ2v) is 5.79. The molecule has 2 amide bonds. The molecule has 1 atom stereocenters. The molecule has 0 saturated carbocycles. The van der Waals surface area contributed by atoms with E-state index in [-0.39, 0.29) is 35.9 Å².